The number of carbonyl (C=O) groups is 1. The third-order valence-corrected chi connectivity index (χ3v) is 4.71. The molecular weight excluding hydrogens is 343 g/mol. The monoisotopic (exact) mass is 363 g/mol. The number of hydrogen-bond donors (Lipinski definition) is 1. The minimum absolute atomic E-state index is 0.227. The first-order valence-electron chi connectivity index (χ1n) is 8.46. The number of benzene rings is 2. The number of nitrogens with one attached hydrogen (secondary N) is 1. The van der Waals surface area contributed by atoms with Gasteiger partial charge in [0.05, 0.1) is 5.69 Å². The van der Waals surface area contributed by atoms with Gasteiger partial charge in [-0.1, -0.05) is 30.3 Å². The molecule has 1 heterocycles. The van der Waals surface area contributed by atoms with Gasteiger partial charge in [0.1, 0.15) is 0 Å². The number of nitrogens with zero attached hydrogens (tertiary/aromatic N) is 2. The lowest BCUT2D eigenvalue weighted by Gasteiger charge is -2.38. The van der Waals surface area contributed by atoms with E-state index in [1.54, 1.807) is 0 Å². The number of halogens is 3. The predicted molar refractivity (Wildman–Crippen MR) is 93.3 cm³/mol. The molecule has 2 aromatic carbocycles. The molecule has 0 aliphatic carbocycles. The third-order valence-electron chi connectivity index (χ3n) is 4.71. The van der Waals surface area contributed by atoms with Crippen LogP contribution in [0.25, 0.3) is 0 Å². The Kier molecular flexibility index (Phi) is 5.46. The zero-order valence-electron chi connectivity index (χ0n) is 14.4. The van der Waals surface area contributed by atoms with Gasteiger partial charge in [-0.3, -0.25) is 4.90 Å². The normalized spacial score (nSPS) is 16.4. The van der Waals surface area contributed by atoms with Crippen LogP contribution in [0.5, 0.6) is 0 Å². The Balaban J connectivity index is 1.58. The fourth-order valence-corrected chi connectivity index (χ4v) is 3.07. The van der Waals surface area contributed by atoms with Crippen LogP contribution in [0.4, 0.5) is 23.7 Å². The molecule has 0 spiro atoms. The van der Waals surface area contributed by atoms with Crippen molar-refractivity contribution in [2.45, 2.75) is 13.0 Å². The van der Waals surface area contributed by atoms with Crippen LogP contribution in [0.15, 0.2) is 42.5 Å². The molecule has 4 nitrogen and oxygen atoms in total. The van der Waals surface area contributed by atoms with Crippen LogP contribution < -0.4 is 5.32 Å². The second-order valence-electron chi connectivity index (χ2n) is 6.26. The Morgan fingerprint density at radius 3 is 2.27 bits per heavy atom. The molecule has 0 aromatic heterocycles. The number of urea groups is 1. The summed E-state index contributed by atoms with van der Waals surface area (Å²) >= 11 is 0. The van der Waals surface area contributed by atoms with Gasteiger partial charge in [0.2, 0.25) is 0 Å². The lowest BCUT2D eigenvalue weighted by Crippen LogP contribution is -2.50. The van der Waals surface area contributed by atoms with Gasteiger partial charge in [-0.15, -0.1) is 0 Å². The number of amides is 2. The van der Waals surface area contributed by atoms with Crippen molar-refractivity contribution < 1.29 is 18.0 Å². The molecule has 1 saturated heterocycles. The number of carbonyl (C=O) groups excluding carboxylic acids is 1. The standard InChI is InChI=1S/C19H20F3N3O/c1-13(14-5-3-2-4-6-14)24-9-11-25(12-10-24)19(26)23-16-8-7-15(20)17(21)18(16)22/h2-8,13H,9-12H2,1H3,(H,23,26). The Bertz CT molecular complexity index is 777. The zero-order valence-corrected chi connectivity index (χ0v) is 14.4. The summed E-state index contributed by atoms with van der Waals surface area (Å²) in [6.07, 6.45) is 0. The van der Waals surface area contributed by atoms with Gasteiger partial charge in [-0.25, -0.2) is 18.0 Å². The maximum Gasteiger partial charge on any atom is 0.322 e. The van der Waals surface area contributed by atoms with Crippen molar-refractivity contribution in [2.24, 2.45) is 0 Å². The maximum absolute atomic E-state index is 13.7. The molecule has 0 bridgehead atoms. The number of piperazine rings is 1. The second kappa shape index (κ2) is 7.78. The SMILES string of the molecule is CC(c1ccccc1)N1CCN(C(=O)Nc2ccc(F)c(F)c2F)CC1. The van der Waals surface area contributed by atoms with Gasteiger partial charge in [-0.2, -0.15) is 0 Å². The van der Waals surface area contributed by atoms with Crippen molar-refractivity contribution in [1.82, 2.24) is 9.80 Å². The smallest absolute Gasteiger partial charge is 0.322 e. The lowest BCUT2D eigenvalue weighted by molar-refractivity contribution is 0.119. The van der Waals surface area contributed by atoms with Crippen molar-refractivity contribution in [1.29, 1.82) is 0 Å². The molecule has 2 amide bonds. The molecule has 0 saturated carbocycles. The Morgan fingerprint density at radius 2 is 1.62 bits per heavy atom. The van der Waals surface area contributed by atoms with Crippen molar-refractivity contribution >= 4 is 11.7 Å². The van der Waals surface area contributed by atoms with E-state index in [9.17, 15) is 18.0 Å². The van der Waals surface area contributed by atoms with E-state index >= 15 is 0 Å². The molecule has 138 valence electrons. The summed E-state index contributed by atoms with van der Waals surface area (Å²) in [5.41, 5.74) is 0.836. The topological polar surface area (TPSA) is 35.6 Å². The van der Waals surface area contributed by atoms with Gasteiger partial charge in [0.15, 0.2) is 17.5 Å². The Labute approximate surface area is 150 Å². The molecule has 26 heavy (non-hydrogen) atoms. The minimum atomic E-state index is -1.59. The second-order valence-corrected chi connectivity index (χ2v) is 6.26. The summed E-state index contributed by atoms with van der Waals surface area (Å²) in [5, 5.41) is 2.31. The first kappa shape index (κ1) is 18.3. The van der Waals surface area contributed by atoms with E-state index < -0.39 is 23.5 Å². The summed E-state index contributed by atoms with van der Waals surface area (Å²) in [6.45, 7) is 4.39. The van der Waals surface area contributed by atoms with Crippen LogP contribution in [-0.2, 0) is 0 Å². The number of anilines is 1. The van der Waals surface area contributed by atoms with E-state index in [1.165, 1.54) is 10.5 Å². The number of rotatable bonds is 3. The highest BCUT2D eigenvalue weighted by Gasteiger charge is 2.25. The molecule has 1 unspecified atom stereocenters. The van der Waals surface area contributed by atoms with Crippen LogP contribution >= 0.6 is 0 Å². The van der Waals surface area contributed by atoms with E-state index in [2.05, 4.69) is 29.3 Å². The Morgan fingerprint density at radius 1 is 0.962 bits per heavy atom. The summed E-state index contributed by atoms with van der Waals surface area (Å²) in [7, 11) is 0. The van der Waals surface area contributed by atoms with E-state index in [-0.39, 0.29) is 11.7 Å². The number of hydrogen-bond acceptors (Lipinski definition) is 2. The van der Waals surface area contributed by atoms with Gasteiger partial charge >= 0.3 is 6.03 Å². The summed E-state index contributed by atoms with van der Waals surface area (Å²) in [4.78, 5) is 16.1. The molecule has 3 rings (SSSR count). The third kappa shape index (κ3) is 3.83. The van der Waals surface area contributed by atoms with E-state index in [4.69, 9.17) is 0 Å². The quantitative estimate of drug-likeness (QED) is 0.837. The Hall–Kier alpha value is -2.54. The highest BCUT2D eigenvalue weighted by atomic mass is 19.2. The van der Waals surface area contributed by atoms with Crippen LogP contribution in [-0.4, -0.2) is 42.0 Å². The van der Waals surface area contributed by atoms with E-state index in [0.717, 1.165) is 12.1 Å². The first-order valence-corrected chi connectivity index (χ1v) is 8.46. The molecule has 1 atom stereocenters. The van der Waals surface area contributed by atoms with Crippen molar-refractivity contribution in [3.8, 4) is 0 Å². The summed E-state index contributed by atoms with van der Waals surface area (Å²) in [5.74, 6) is -4.27. The summed E-state index contributed by atoms with van der Waals surface area (Å²) < 4.78 is 39.9. The maximum atomic E-state index is 13.7. The van der Waals surface area contributed by atoms with Crippen LogP contribution in [0.1, 0.15) is 18.5 Å². The molecule has 1 fully saturated rings. The van der Waals surface area contributed by atoms with Gasteiger partial charge in [-0.05, 0) is 24.6 Å². The average Bonchev–Trinajstić information content (AvgIpc) is 2.68. The molecule has 1 aliphatic heterocycles. The summed E-state index contributed by atoms with van der Waals surface area (Å²) in [6, 6.07) is 11.6. The molecule has 2 aromatic rings. The predicted octanol–water partition coefficient (Wildman–Crippen LogP) is 4.01. The molecular formula is C19H20F3N3O. The molecule has 0 radical (unpaired) electrons. The van der Waals surface area contributed by atoms with Crippen LogP contribution in [0.2, 0.25) is 0 Å². The first-order chi connectivity index (χ1) is 12.5. The lowest BCUT2D eigenvalue weighted by atomic mass is 10.1. The fourth-order valence-electron chi connectivity index (χ4n) is 3.07. The van der Waals surface area contributed by atoms with Crippen molar-refractivity contribution in [2.75, 3.05) is 31.5 Å². The minimum Gasteiger partial charge on any atom is -0.322 e. The zero-order chi connectivity index (χ0) is 18.7. The van der Waals surface area contributed by atoms with Crippen LogP contribution in [0.3, 0.4) is 0 Å². The van der Waals surface area contributed by atoms with Gasteiger partial charge in [0.25, 0.3) is 0 Å². The van der Waals surface area contributed by atoms with Crippen LogP contribution in [0, 0.1) is 17.5 Å². The highest BCUT2D eigenvalue weighted by Crippen LogP contribution is 2.23. The van der Waals surface area contributed by atoms with E-state index in [1.807, 2.05) is 18.2 Å². The molecule has 1 N–H and O–H groups in total. The van der Waals surface area contributed by atoms with Crippen molar-refractivity contribution in [3.05, 3.63) is 65.5 Å². The molecule has 7 heteroatoms. The highest BCUT2D eigenvalue weighted by molar-refractivity contribution is 5.89. The fraction of sp³-hybridized carbons (Fsp3) is 0.316. The van der Waals surface area contributed by atoms with Gasteiger partial charge in [0, 0.05) is 32.2 Å². The largest absolute Gasteiger partial charge is 0.322 e. The average molecular weight is 363 g/mol. The van der Waals surface area contributed by atoms with Gasteiger partial charge < -0.3 is 10.2 Å². The molecule has 1 aliphatic rings. The van der Waals surface area contributed by atoms with Crippen molar-refractivity contribution in [3.63, 3.8) is 0 Å². The van der Waals surface area contributed by atoms with E-state index in [0.29, 0.717) is 26.2 Å².